The lowest BCUT2D eigenvalue weighted by molar-refractivity contribution is -0.0194. The van der Waals surface area contributed by atoms with Crippen molar-refractivity contribution in [1.29, 1.82) is 0 Å². The maximum absolute atomic E-state index is 13.5. The Kier molecular flexibility index (Phi) is 7.53. The summed E-state index contributed by atoms with van der Waals surface area (Å²) in [7, 11) is -7.32. The number of aromatic nitrogens is 2. The van der Waals surface area contributed by atoms with E-state index in [4.69, 9.17) is 26.6 Å². The molecule has 1 aliphatic heterocycles. The number of aryl methyl sites for hydroxylation is 1. The fourth-order valence-electron chi connectivity index (χ4n) is 2.39. The summed E-state index contributed by atoms with van der Waals surface area (Å²) in [6.07, 6.45) is -4.05. The van der Waals surface area contributed by atoms with Crippen LogP contribution in [0, 0.1) is 6.92 Å². The first kappa shape index (κ1) is 25.7. The summed E-state index contributed by atoms with van der Waals surface area (Å²) in [4.78, 5) is 51.8. The number of hydrogen-bond donors (Lipinski definition) is 4. The smallest absolute Gasteiger partial charge is 0.352 e. The number of nitrogens with one attached hydrogen (secondary N) is 1. The number of ether oxygens (including phenoxy) is 1. The molecule has 0 bridgehead atoms. The minimum atomic E-state index is -6.36. The van der Waals surface area contributed by atoms with E-state index in [-0.39, 0.29) is 12.0 Å². The number of aromatic amines is 1. The zero-order chi connectivity index (χ0) is 23.1. The minimum absolute atomic E-state index is 0.258. The zero-order valence-corrected chi connectivity index (χ0v) is 18.6. The normalized spacial score (nSPS) is 24.3. The fourth-order valence-corrected chi connectivity index (χ4v) is 7.22. The van der Waals surface area contributed by atoms with Crippen molar-refractivity contribution < 1.29 is 46.2 Å². The third-order valence-corrected chi connectivity index (χ3v) is 10.0. The number of halogens is 2. The Bertz CT molecular complexity index is 1070. The van der Waals surface area contributed by atoms with Gasteiger partial charge in [0, 0.05) is 11.8 Å². The molecular weight excluding hydrogens is 494 g/mol. The van der Waals surface area contributed by atoms with E-state index in [1.54, 1.807) is 0 Å². The van der Waals surface area contributed by atoms with Crippen LogP contribution in [-0.2, 0) is 34.5 Å². The highest BCUT2D eigenvalue weighted by Gasteiger charge is 2.66. The van der Waals surface area contributed by atoms with Gasteiger partial charge in [0.2, 0.25) is 7.57 Å². The maximum Gasteiger partial charge on any atom is 0.444 e. The first-order valence-electron chi connectivity index (χ1n) is 7.95. The topological polar surface area (TPSA) is 177 Å². The Morgan fingerprint density at radius 3 is 2.53 bits per heavy atom. The van der Waals surface area contributed by atoms with Crippen molar-refractivity contribution in [3.63, 3.8) is 0 Å². The standard InChI is InChI=1S/C11H16BF2N2O10P3S/c1-6-4-16(10(18)15-9(6)17)8-3-2-7(25-8)5-24-29(12,30)26-28(22,23)11(13,14)27(19,20)21/h4,7-8H,2-3,5H2,1H3,(H,22,23)(H,15,17,18)(H2,19,20,21)/t7-,8+,29?/m0/s1. The van der Waals surface area contributed by atoms with Crippen LogP contribution in [0.15, 0.2) is 15.8 Å². The Hall–Kier alpha value is -0.525. The van der Waals surface area contributed by atoms with E-state index in [0.717, 1.165) is 4.57 Å². The SMILES string of the molecule is [B]P(=S)(OC[C@@H]1CC[C@H](n2cc(C)c(=O)[nH]c2=O)O1)OP(=O)(O)C(F)(F)P(=O)(O)O. The molecule has 0 spiro atoms. The summed E-state index contributed by atoms with van der Waals surface area (Å²) < 4.78 is 65.0. The van der Waals surface area contributed by atoms with Crippen LogP contribution in [0.2, 0.25) is 0 Å². The van der Waals surface area contributed by atoms with Gasteiger partial charge in [0.05, 0.1) is 12.7 Å². The summed E-state index contributed by atoms with van der Waals surface area (Å²) in [5.74, 6) is 0. The van der Waals surface area contributed by atoms with Crippen LogP contribution < -0.4 is 11.2 Å². The molecule has 19 heteroatoms. The van der Waals surface area contributed by atoms with Crippen molar-refractivity contribution in [2.45, 2.75) is 37.5 Å². The number of rotatable bonds is 8. The van der Waals surface area contributed by atoms with Crippen LogP contribution in [0.4, 0.5) is 8.78 Å². The van der Waals surface area contributed by atoms with Crippen molar-refractivity contribution in [3.05, 3.63) is 32.6 Å². The highest BCUT2D eigenvalue weighted by Crippen LogP contribution is 2.77. The van der Waals surface area contributed by atoms with Crippen molar-refractivity contribution in [2.75, 3.05) is 6.61 Å². The number of nitrogens with zero attached hydrogens (tertiary/aromatic N) is 1. The molecule has 2 radical (unpaired) electrons. The molecule has 1 aromatic heterocycles. The molecular formula is C11H16BF2N2O10P3S. The predicted molar refractivity (Wildman–Crippen MR) is 103 cm³/mol. The molecule has 4 atom stereocenters. The van der Waals surface area contributed by atoms with Crippen LogP contribution in [0.25, 0.3) is 0 Å². The summed E-state index contributed by atoms with van der Waals surface area (Å²) in [5.41, 5.74) is -1.02. The first-order valence-corrected chi connectivity index (χ1v) is 13.8. The van der Waals surface area contributed by atoms with Crippen molar-refractivity contribution in [2.24, 2.45) is 0 Å². The van der Waals surface area contributed by atoms with E-state index >= 15 is 0 Å². The number of hydrogen-bond acceptors (Lipinski definition) is 8. The average molecular weight is 510 g/mol. The molecule has 1 saturated heterocycles. The molecule has 12 nitrogen and oxygen atoms in total. The van der Waals surface area contributed by atoms with Gasteiger partial charge < -0.3 is 23.9 Å². The van der Waals surface area contributed by atoms with Gasteiger partial charge in [-0.05, 0) is 31.6 Å². The van der Waals surface area contributed by atoms with E-state index < -0.39 is 57.2 Å². The molecule has 2 heterocycles. The summed E-state index contributed by atoms with van der Waals surface area (Å²) in [6, 6.07) is 0. The third-order valence-electron chi connectivity index (χ3n) is 3.90. The number of H-pyrrole nitrogens is 1. The van der Waals surface area contributed by atoms with Gasteiger partial charge >= 0.3 is 26.3 Å². The Labute approximate surface area is 173 Å². The van der Waals surface area contributed by atoms with Gasteiger partial charge in [0.25, 0.3) is 5.56 Å². The second-order valence-corrected chi connectivity index (χ2v) is 13.4. The molecule has 1 aliphatic rings. The molecule has 2 rings (SSSR count). The van der Waals surface area contributed by atoms with Gasteiger partial charge in [0.15, 0.2) is 0 Å². The van der Waals surface area contributed by atoms with E-state index in [9.17, 15) is 32.4 Å². The third kappa shape index (κ3) is 5.63. The lowest BCUT2D eigenvalue weighted by atomic mass is 10.2. The molecule has 30 heavy (non-hydrogen) atoms. The quantitative estimate of drug-likeness (QED) is 0.288. The van der Waals surface area contributed by atoms with Crippen molar-refractivity contribution in [1.82, 2.24) is 9.55 Å². The largest absolute Gasteiger partial charge is 0.444 e. The Balaban J connectivity index is 2.02. The van der Waals surface area contributed by atoms with Crippen LogP contribution in [-0.4, -0.2) is 49.9 Å². The first-order chi connectivity index (χ1) is 13.5. The highest BCUT2D eigenvalue weighted by molar-refractivity contribution is 8.22. The summed E-state index contributed by atoms with van der Waals surface area (Å²) in [5, 5.41) is -5.44. The van der Waals surface area contributed by atoms with Gasteiger partial charge in [-0.3, -0.25) is 27.8 Å². The molecule has 0 aromatic carbocycles. The average Bonchev–Trinajstić information content (AvgIpc) is 3.03. The molecule has 168 valence electrons. The van der Waals surface area contributed by atoms with E-state index in [0.29, 0.717) is 6.42 Å². The maximum atomic E-state index is 13.5. The van der Waals surface area contributed by atoms with E-state index in [2.05, 4.69) is 21.1 Å². The molecule has 4 N–H and O–H groups in total. The molecule has 0 amide bonds. The predicted octanol–water partition coefficient (Wildman–Crippen LogP) is 0.862. The van der Waals surface area contributed by atoms with Crippen LogP contribution in [0.3, 0.4) is 0 Å². The zero-order valence-electron chi connectivity index (χ0n) is 15.1. The monoisotopic (exact) mass is 510 g/mol. The molecule has 0 saturated carbocycles. The molecule has 0 aliphatic carbocycles. The van der Waals surface area contributed by atoms with Gasteiger partial charge in [0.1, 0.15) is 12.6 Å². The van der Waals surface area contributed by atoms with Crippen LogP contribution in [0.1, 0.15) is 24.6 Å². The van der Waals surface area contributed by atoms with Gasteiger partial charge in [-0.1, -0.05) is 0 Å². The molecule has 1 fully saturated rings. The van der Waals surface area contributed by atoms with Gasteiger partial charge in [-0.2, -0.15) is 8.78 Å². The summed E-state index contributed by atoms with van der Waals surface area (Å²) >= 11 is 4.57. The fraction of sp³-hybridized carbons (Fsp3) is 0.636. The van der Waals surface area contributed by atoms with Gasteiger partial charge in [-0.25, -0.2) is 4.79 Å². The second kappa shape index (κ2) is 8.78. The Morgan fingerprint density at radius 2 is 1.97 bits per heavy atom. The molecule has 2 unspecified atom stereocenters. The Morgan fingerprint density at radius 1 is 1.37 bits per heavy atom. The summed E-state index contributed by atoms with van der Waals surface area (Å²) in [6.45, 7) is 0.996. The lowest BCUT2D eigenvalue weighted by Gasteiger charge is -2.27. The number of alkyl halides is 2. The lowest BCUT2D eigenvalue weighted by Crippen LogP contribution is -2.33. The van der Waals surface area contributed by atoms with E-state index in [1.165, 1.54) is 13.1 Å². The second-order valence-electron chi connectivity index (χ2n) is 6.26. The van der Waals surface area contributed by atoms with E-state index in [1.807, 2.05) is 0 Å². The van der Waals surface area contributed by atoms with Crippen molar-refractivity contribution >= 4 is 40.9 Å². The minimum Gasteiger partial charge on any atom is -0.352 e. The molecule has 1 aromatic rings. The van der Waals surface area contributed by atoms with Crippen LogP contribution in [0.5, 0.6) is 0 Å². The van der Waals surface area contributed by atoms with Crippen molar-refractivity contribution in [3.8, 4) is 0 Å². The van der Waals surface area contributed by atoms with Crippen LogP contribution >= 0.6 is 21.6 Å². The van der Waals surface area contributed by atoms with Gasteiger partial charge in [-0.15, -0.1) is 0 Å². The highest BCUT2D eigenvalue weighted by atomic mass is 32.5.